The lowest BCUT2D eigenvalue weighted by Crippen LogP contribution is -2.44. The molecule has 0 N–H and O–H groups in total. The molecule has 1 fully saturated rings. The molecule has 2 aliphatic heterocycles. The van der Waals surface area contributed by atoms with E-state index >= 15 is 0 Å². The minimum absolute atomic E-state index is 0.0637. The highest BCUT2D eigenvalue weighted by molar-refractivity contribution is 7.98. The summed E-state index contributed by atoms with van der Waals surface area (Å²) in [5.41, 5.74) is 1.81. The highest BCUT2D eigenvalue weighted by atomic mass is 32.2. The molecule has 2 aromatic rings. The molecule has 6 nitrogen and oxygen atoms in total. The number of aromatic nitrogens is 2. The van der Waals surface area contributed by atoms with Gasteiger partial charge in [-0.05, 0) is 42.5 Å². The van der Waals surface area contributed by atoms with E-state index in [-0.39, 0.29) is 11.8 Å². The molecule has 0 atom stereocenters. The number of nitriles is 1. The Morgan fingerprint density at radius 3 is 2.93 bits per heavy atom. The first kappa shape index (κ1) is 18.3. The lowest BCUT2D eigenvalue weighted by atomic mass is 9.94. The molecular weight excluding hydrogens is 378 g/mol. The van der Waals surface area contributed by atoms with Crippen LogP contribution in [0.25, 0.3) is 0 Å². The van der Waals surface area contributed by atoms with E-state index in [9.17, 15) is 10.1 Å². The van der Waals surface area contributed by atoms with Crippen molar-refractivity contribution in [2.24, 2.45) is 5.92 Å². The summed E-state index contributed by atoms with van der Waals surface area (Å²) in [6.07, 6.45) is 6.09. The molecule has 0 saturated carbocycles. The van der Waals surface area contributed by atoms with E-state index in [1.807, 2.05) is 11.2 Å². The van der Waals surface area contributed by atoms with Crippen LogP contribution >= 0.6 is 23.1 Å². The normalized spacial score (nSPS) is 17.5. The van der Waals surface area contributed by atoms with Crippen molar-refractivity contribution in [3.8, 4) is 6.07 Å². The first-order chi connectivity index (χ1) is 13.2. The molecule has 4 rings (SSSR count). The van der Waals surface area contributed by atoms with Crippen molar-refractivity contribution in [1.29, 1.82) is 5.26 Å². The molecule has 2 aromatic heterocycles. The largest absolute Gasteiger partial charge is 0.355 e. The van der Waals surface area contributed by atoms with Crippen LogP contribution in [0.3, 0.4) is 0 Å². The summed E-state index contributed by atoms with van der Waals surface area (Å²) in [4.78, 5) is 27.3. The minimum atomic E-state index is 0.0637. The summed E-state index contributed by atoms with van der Waals surface area (Å²) in [5, 5.41) is 12.2. The van der Waals surface area contributed by atoms with E-state index in [2.05, 4.69) is 32.4 Å². The van der Waals surface area contributed by atoms with Crippen molar-refractivity contribution < 1.29 is 4.79 Å². The van der Waals surface area contributed by atoms with Crippen LogP contribution in [0.5, 0.6) is 0 Å². The Labute approximate surface area is 167 Å². The van der Waals surface area contributed by atoms with Gasteiger partial charge in [0.1, 0.15) is 11.6 Å². The fourth-order valence-electron chi connectivity index (χ4n) is 3.81. The molecular formula is C19H21N5OS2. The molecule has 27 heavy (non-hydrogen) atoms. The second-order valence-corrected chi connectivity index (χ2v) is 8.62. The number of carbonyl (C=O) groups excluding carboxylic acids is 1. The van der Waals surface area contributed by atoms with E-state index in [1.54, 1.807) is 17.5 Å². The van der Waals surface area contributed by atoms with Crippen molar-refractivity contribution >= 4 is 34.8 Å². The maximum atomic E-state index is 13.0. The fourth-order valence-corrected chi connectivity index (χ4v) is 5.03. The van der Waals surface area contributed by atoms with E-state index in [0.29, 0.717) is 16.5 Å². The number of piperidine rings is 1. The third kappa shape index (κ3) is 3.66. The number of thioether (sulfide) groups is 1. The predicted molar refractivity (Wildman–Crippen MR) is 107 cm³/mol. The van der Waals surface area contributed by atoms with Gasteiger partial charge in [0.15, 0.2) is 11.0 Å². The SMILES string of the molecule is CSc1ncc(C#N)c(N2CCC(C(=O)N3CCc4sccc4C3)CC2)n1. The number of amides is 1. The van der Waals surface area contributed by atoms with Crippen LogP contribution in [0.2, 0.25) is 0 Å². The first-order valence-corrected chi connectivity index (χ1v) is 11.2. The topological polar surface area (TPSA) is 73.1 Å². The molecule has 1 amide bonds. The third-order valence-electron chi connectivity index (χ3n) is 5.31. The number of fused-ring (bicyclic) bond motifs is 1. The number of anilines is 1. The highest BCUT2D eigenvalue weighted by Crippen LogP contribution is 2.29. The third-order valence-corrected chi connectivity index (χ3v) is 6.90. The summed E-state index contributed by atoms with van der Waals surface area (Å²) in [7, 11) is 0. The zero-order valence-electron chi connectivity index (χ0n) is 15.2. The Bertz CT molecular complexity index is 882. The maximum absolute atomic E-state index is 13.0. The first-order valence-electron chi connectivity index (χ1n) is 9.09. The molecule has 1 saturated heterocycles. The molecule has 0 spiro atoms. The zero-order chi connectivity index (χ0) is 18.8. The predicted octanol–water partition coefficient (Wildman–Crippen LogP) is 2.93. The Hall–Kier alpha value is -2.11. The van der Waals surface area contributed by atoms with E-state index in [0.717, 1.165) is 45.4 Å². The maximum Gasteiger partial charge on any atom is 0.226 e. The number of hydrogen-bond donors (Lipinski definition) is 0. The van der Waals surface area contributed by atoms with Gasteiger partial charge < -0.3 is 9.80 Å². The molecule has 4 heterocycles. The van der Waals surface area contributed by atoms with Gasteiger partial charge in [-0.2, -0.15) is 5.26 Å². The Balaban J connectivity index is 1.41. The van der Waals surface area contributed by atoms with Crippen molar-refractivity contribution in [3.63, 3.8) is 0 Å². The summed E-state index contributed by atoms with van der Waals surface area (Å²) >= 11 is 3.26. The van der Waals surface area contributed by atoms with E-state index in [1.165, 1.54) is 22.2 Å². The lowest BCUT2D eigenvalue weighted by molar-refractivity contribution is -0.137. The van der Waals surface area contributed by atoms with Crippen molar-refractivity contribution in [3.05, 3.63) is 33.6 Å². The standard InChI is InChI=1S/C19H21N5OS2/c1-26-19-21-11-15(10-20)17(22-19)23-6-2-13(3-7-23)18(25)24-8-4-16-14(12-24)5-9-27-16/h5,9,11,13H,2-4,6-8,12H2,1H3. The van der Waals surface area contributed by atoms with Gasteiger partial charge in [-0.1, -0.05) is 11.8 Å². The smallest absolute Gasteiger partial charge is 0.226 e. The van der Waals surface area contributed by atoms with Crippen LogP contribution in [0.15, 0.2) is 22.8 Å². The number of carbonyl (C=O) groups is 1. The summed E-state index contributed by atoms with van der Waals surface area (Å²) in [5.74, 6) is 1.04. The van der Waals surface area contributed by atoms with Gasteiger partial charge in [0.2, 0.25) is 5.91 Å². The zero-order valence-corrected chi connectivity index (χ0v) is 16.9. The second kappa shape index (κ2) is 7.87. The number of thiophene rings is 1. The Morgan fingerprint density at radius 1 is 1.37 bits per heavy atom. The van der Waals surface area contributed by atoms with Crippen molar-refractivity contribution in [2.75, 3.05) is 30.8 Å². The molecule has 0 bridgehead atoms. The summed E-state index contributed by atoms with van der Waals surface area (Å²) in [6, 6.07) is 4.33. The van der Waals surface area contributed by atoms with Crippen LogP contribution in [0.4, 0.5) is 5.82 Å². The lowest BCUT2D eigenvalue weighted by Gasteiger charge is -2.36. The van der Waals surface area contributed by atoms with Gasteiger partial charge >= 0.3 is 0 Å². The molecule has 0 unspecified atom stereocenters. The fraction of sp³-hybridized carbons (Fsp3) is 0.474. The number of nitrogens with zero attached hydrogens (tertiary/aromatic N) is 5. The average molecular weight is 400 g/mol. The molecule has 0 aliphatic carbocycles. The molecule has 2 aliphatic rings. The summed E-state index contributed by atoms with van der Waals surface area (Å²) < 4.78 is 0. The van der Waals surface area contributed by atoms with Gasteiger partial charge in [-0.15, -0.1) is 11.3 Å². The summed E-state index contributed by atoms with van der Waals surface area (Å²) in [6.45, 7) is 3.06. The van der Waals surface area contributed by atoms with Gasteiger partial charge in [-0.3, -0.25) is 4.79 Å². The molecule has 8 heteroatoms. The number of hydrogen-bond acceptors (Lipinski definition) is 7. The Morgan fingerprint density at radius 2 is 2.19 bits per heavy atom. The van der Waals surface area contributed by atoms with Crippen LogP contribution in [0.1, 0.15) is 28.8 Å². The van der Waals surface area contributed by atoms with Crippen LogP contribution in [0, 0.1) is 17.2 Å². The van der Waals surface area contributed by atoms with Crippen molar-refractivity contribution in [2.45, 2.75) is 31.0 Å². The highest BCUT2D eigenvalue weighted by Gasteiger charge is 2.31. The minimum Gasteiger partial charge on any atom is -0.355 e. The van der Waals surface area contributed by atoms with Crippen molar-refractivity contribution in [1.82, 2.24) is 14.9 Å². The average Bonchev–Trinajstić information content (AvgIpc) is 3.20. The van der Waals surface area contributed by atoms with Crippen LogP contribution < -0.4 is 4.90 Å². The number of rotatable bonds is 3. The molecule has 140 valence electrons. The Kier molecular flexibility index (Phi) is 5.32. The molecule has 0 aromatic carbocycles. The quantitative estimate of drug-likeness (QED) is 0.584. The second-order valence-electron chi connectivity index (χ2n) is 6.85. The van der Waals surface area contributed by atoms with Gasteiger partial charge in [-0.25, -0.2) is 9.97 Å². The monoisotopic (exact) mass is 399 g/mol. The van der Waals surface area contributed by atoms with Crippen LogP contribution in [-0.4, -0.2) is 46.7 Å². The van der Waals surface area contributed by atoms with Crippen LogP contribution in [-0.2, 0) is 17.8 Å². The van der Waals surface area contributed by atoms with Gasteiger partial charge in [0.25, 0.3) is 0 Å². The van der Waals surface area contributed by atoms with E-state index < -0.39 is 0 Å². The van der Waals surface area contributed by atoms with E-state index in [4.69, 9.17) is 0 Å². The van der Waals surface area contributed by atoms with Gasteiger partial charge in [0.05, 0.1) is 6.20 Å². The van der Waals surface area contributed by atoms with Gasteiger partial charge in [0, 0.05) is 37.0 Å². The molecule has 0 radical (unpaired) electrons.